The van der Waals surface area contributed by atoms with Crippen LogP contribution in [0, 0.1) is 20.8 Å². The molecule has 1 aromatic heterocycles. The molecule has 0 radical (unpaired) electrons. The molecule has 1 atom stereocenters. The number of hydrogen-bond donors (Lipinski definition) is 0. The highest BCUT2D eigenvalue weighted by molar-refractivity contribution is 7.91. The van der Waals surface area contributed by atoms with Gasteiger partial charge < -0.3 is 4.52 Å². The Morgan fingerprint density at radius 1 is 1.16 bits per heavy atom. The van der Waals surface area contributed by atoms with Crippen LogP contribution in [0.15, 0.2) is 27.6 Å². The predicted molar refractivity (Wildman–Crippen MR) is 70.6 cm³/mol. The standard InChI is InChI=1S/C13H16N2O3S/c1-8-5-6-12(7-9(8)2)19(16,17)10(3)13-14-11(4)15-18-13/h5-7,10H,1-4H3/t10-/m0/s1. The maximum absolute atomic E-state index is 12.5. The first-order valence-electron chi connectivity index (χ1n) is 5.93. The van der Waals surface area contributed by atoms with Crippen LogP contribution in [0.4, 0.5) is 0 Å². The lowest BCUT2D eigenvalue weighted by molar-refractivity contribution is 0.373. The van der Waals surface area contributed by atoms with Gasteiger partial charge in [0.25, 0.3) is 0 Å². The van der Waals surface area contributed by atoms with Crippen LogP contribution in [0.3, 0.4) is 0 Å². The quantitative estimate of drug-likeness (QED) is 0.863. The molecule has 1 heterocycles. The minimum absolute atomic E-state index is 0.121. The summed E-state index contributed by atoms with van der Waals surface area (Å²) in [7, 11) is -3.51. The maximum atomic E-state index is 12.5. The molecule has 0 aliphatic heterocycles. The second kappa shape index (κ2) is 4.77. The molecule has 0 bridgehead atoms. The minimum Gasteiger partial charge on any atom is -0.338 e. The number of nitrogens with zero attached hydrogens (tertiary/aromatic N) is 2. The third-order valence-corrected chi connectivity index (χ3v) is 5.21. The van der Waals surface area contributed by atoms with Crippen LogP contribution < -0.4 is 0 Å². The van der Waals surface area contributed by atoms with Crippen molar-refractivity contribution in [1.82, 2.24) is 10.1 Å². The van der Waals surface area contributed by atoms with Crippen molar-refractivity contribution in [3.63, 3.8) is 0 Å². The Kier molecular flexibility index (Phi) is 3.45. The van der Waals surface area contributed by atoms with Gasteiger partial charge in [-0.05, 0) is 51.0 Å². The van der Waals surface area contributed by atoms with Crippen LogP contribution in [0.1, 0.15) is 35.0 Å². The number of hydrogen-bond acceptors (Lipinski definition) is 5. The first-order chi connectivity index (χ1) is 8.82. The van der Waals surface area contributed by atoms with Crippen molar-refractivity contribution in [2.75, 3.05) is 0 Å². The molecule has 0 spiro atoms. The molecular weight excluding hydrogens is 264 g/mol. The topological polar surface area (TPSA) is 73.1 Å². The molecule has 2 rings (SSSR count). The molecule has 0 saturated carbocycles. The second-order valence-corrected chi connectivity index (χ2v) is 6.88. The first kappa shape index (κ1) is 13.7. The van der Waals surface area contributed by atoms with Crippen LogP contribution in [0.2, 0.25) is 0 Å². The monoisotopic (exact) mass is 280 g/mol. The van der Waals surface area contributed by atoms with Gasteiger partial charge >= 0.3 is 0 Å². The van der Waals surface area contributed by atoms with Gasteiger partial charge in [-0.3, -0.25) is 0 Å². The van der Waals surface area contributed by atoms with Crippen molar-refractivity contribution in [2.45, 2.75) is 37.8 Å². The third-order valence-electron chi connectivity index (χ3n) is 3.16. The van der Waals surface area contributed by atoms with Crippen LogP contribution in [-0.2, 0) is 9.84 Å². The van der Waals surface area contributed by atoms with E-state index in [9.17, 15) is 8.42 Å². The van der Waals surface area contributed by atoms with E-state index in [4.69, 9.17) is 4.52 Å². The third kappa shape index (κ3) is 2.53. The lowest BCUT2D eigenvalue weighted by Gasteiger charge is -2.10. The highest BCUT2D eigenvalue weighted by Crippen LogP contribution is 2.28. The van der Waals surface area contributed by atoms with Crippen molar-refractivity contribution in [1.29, 1.82) is 0 Å². The highest BCUT2D eigenvalue weighted by atomic mass is 32.2. The Morgan fingerprint density at radius 2 is 1.84 bits per heavy atom. The Labute approximate surface area is 112 Å². The average Bonchev–Trinajstić information content (AvgIpc) is 2.78. The summed E-state index contributed by atoms with van der Waals surface area (Å²) in [5.74, 6) is 0.549. The first-order valence-corrected chi connectivity index (χ1v) is 7.48. The van der Waals surface area contributed by atoms with Gasteiger partial charge in [-0.2, -0.15) is 4.98 Å². The SMILES string of the molecule is Cc1noc([C@H](C)S(=O)(=O)c2ccc(C)c(C)c2)n1. The molecule has 0 fully saturated rings. The van der Waals surface area contributed by atoms with E-state index in [-0.39, 0.29) is 10.8 Å². The Bertz CT molecular complexity index is 704. The Balaban J connectivity index is 2.44. The molecule has 0 aliphatic carbocycles. The van der Waals surface area contributed by atoms with E-state index in [0.29, 0.717) is 5.82 Å². The highest BCUT2D eigenvalue weighted by Gasteiger charge is 2.29. The zero-order chi connectivity index (χ0) is 14.2. The van der Waals surface area contributed by atoms with Crippen molar-refractivity contribution in [2.24, 2.45) is 0 Å². The summed E-state index contributed by atoms with van der Waals surface area (Å²) >= 11 is 0. The van der Waals surface area contributed by atoms with Gasteiger partial charge in [0.1, 0.15) is 5.25 Å². The molecule has 0 unspecified atom stereocenters. The Hall–Kier alpha value is -1.69. The van der Waals surface area contributed by atoms with Gasteiger partial charge in [0.05, 0.1) is 4.90 Å². The Morgan fingerprint density at radius 3 is 2.37 bits per heavy atom. The molecule has 19 heavy (non-hydrogen) atoms. The van der Waals surface area contributed by atoms with Crippen molar-refractivity contribution < 1.29 is 12.9 Å². The number of rotatable bonds is 3. The van der Waals surface area contributed by atoms with E-state index in [1.54, 1.807) is 32.0 Å². The van der Waals surface area contributed by atoms with Gasteiger partial charge in [0.15, 0.2) is 15.7 Å². The summed E-state index contributed by atoms with van der Waals surface area (Å²) < 4.78 is 29.9. The molecule has 0 saturated heterocycles. The van der Waals surface area contributed by atoms with Crippen molar-refractivity contribution in [3.05, 3.63) is 41.0 Å². The average molecular weight is 280 g/mol. The maximum Gasteiger partial charge on any atom is 0.245 e. The summed E-state index contributed by atoms with van der Waals surface area (Å²) in [6, 6.07) is 5.08. The largest absolute Gasteiger partial charge is 0.338 e. The summed E-state index contributed by atoms with van der Waals surface area (Å²) in [6.07, 6.45) is 0. The molecule has 0 aliphatic rings. The van der Waals surface area contributed by atoms with Gasteiger partial charge in [-0.25, -0.2) is 8.42 Å². The van der Waals surface area contributed by atoms with Crippen LogP contribution in [0.5, 0.6) is 0 Å². The molecule has 2 aromatic rings. The minimum atomic E-state index is -3.51. The van der Waals surface area contributed by atoms with E-state index >= 15 is 0 Å². The fourth-order valence-corrected chi connectivity index (χ4v) is 3.07. The van der Waals surface area contributed by atoms with Gasteiger partial charge in [0, 0.05) is 0 Å². The second-order valence-electron chi connectivity index (χ2n) is 4.61. The van der Waals surface area contributed by atoms with E-state index < -0.39 is 15.1 Å². The molecule has 5 nitrogen and oxygen atoms in total. The van der Waals surface area contributed by atoms with Crippen molar-refractivity contribution in [3.8, 4) is 0 Å². The number of sulfone groups is 1. The molecule has 102 valence electrons. The molecule has 0 N–H and O–H groups in total. The number of aryl methyl sites for hydroxylation is 3. The molecule has 6 heteroatoms. The zero-order valence-corrected chi connectivity index (χ0v) is 12.2. The fraction of sp³-hybridized carbons (Fsp3) is 0.385. The molecule has 0 amide bonds. The summed E-state index contributed by atoms with van der Waals surface area (Å²) in [5.41, 5.74) is 2.00. The molecule has 1 aromatic carbocycles. The van der Waals surface area contributed by atoms with Gasteiger partial charge in [0.2, 0.25) is 5.89 Å². The van der Waals surface area contributed by atoms with Crippen LogP contribution in [-0.4, -0.2) is 18.6 Å². The summed E-state index contributed by atoms with van der Waals surface area (Å²) in [5, 5.41) is 2.77. The number of aromatic nitrogens is 2. The molecular formula is C13H16N2O3S. The normalized spacial score (nSPS) is 13.5. The van der Waals surface area contributed by atoms with E-state index in [0.717, 1.165) is 11.1 Å². The van der Waals surface area contributed by atoms with Crippen molar-refractivity contribution >= 4 is 9.84 Å². The predicted octanol–water partition coefficient (Wildman–Crippen LogP) is 2.53. The zero-order valence-electron chi connectivity index (χ0n) is 11.3. The smallest absolute Gasteiger partial charge is 0.245 e. The lowest BCUT2D eigenvalue weighted by atomic mass is 10.1. The fourth-order valence-electron chi connectivity index (χ4n) is 1.71. The summed E-state index contributed by atoms with van der Waals surface area (Å²) in [4.78, 5) is 4.26. The summed E-state index contributed by atoms with van der Waals surface area (Å²) in [6.45, 7) is 7.03. The lowest BCUT2D eigenvalue weighted by Crippen LogP contribution is -2.11. The van der Waals surface area contributed by atoms with E-state index in [1.807, 2.05) is 13.8 Å². The van der Waals surface area contributed by atoms with Crippen LogP contribution in [0.25, 0.3) is 0 Å². The van der Waals surface area contributed by atoms with Gasteiger partial charge in [-0.1, -0.05) is 11.2 Å². The van der Waals surface area contributed by atoms with E-state index in [1.165, 1.54) is 0 Å². The van der Waals surface area contributed by atoms with Gasteiger partial charge in [-0.15, -0.1) is 0 Å². The van der Waals surface area contributed by atoms with E-state index in [2.05, 4.69) is 10.1 Å². The van der Waals surface area contributed by atoms with Crippen LogP contribution >= 0.6 is 0 Å². The number of benzene rings is 1.